The SMILES string of the molecule is CN(C)c1cc(C2CCCNC2)nc(CN(C)S(=O)(=O)c2ccc(F)cc2)n1. The molecule has 28 heavy (non-hydrogen) atoms. The molecule has 1 aliphatic rings. The van der Waals surface area contributed by atoms with E-state index in [1.165, 1.54) is 23.5 Å². The van der Waals surface area contributed by atoms with Gasteiger partial charge in [-0.2, -0.15) is 4.31 Å². The number of nitrogens with one attached hydrogen (secondary N) is 1. The zero-order valence-electron chi connectivity index (χ0n) is 16.4. The van der Waals surface area contributed by atoms with E-state index in [1.807, 2.05) is 25.1 Å². The fourth-order valence-electron chi connectivity index (χ4n) is 3.19. The zero-order chi connectivity index (χ0) is 20.3. The summed E-state index contributed by atoms with van der Waals surface area (Å²) in [5.41, 5.74) is 0.925. The first kappa shape index (κ1) is 20.6. The molecule has 0 amide bonds. The van der Waals surface area contributed by atoms with Crippen LogP contribution in [0.25, 0.3) is 0 Å². The molecule has 1 N–H and O–H groups in total. The van der Waals surface area contributed by atoms with Gasteiger partial charge in [-0.3, -0.25) is 0 Å². The van der Waals surface area contributed by atoms with Crippen LogP contribution in [0.5, 0.6) is 0 Å². The maximum absolute atomic E-state index is 13.1. The quantitative estimate of drug-likeness (QED) is 0.789. The molecule has 1 aliphatic heterocycles. The molecule has 2 heterocycles. The Morgan fingerprint density at radius 1 is 1.18 bits per heavy atom. The van der Waals surface area contributed by atoms with Gasteiger partial charge >= 0.3 is 0 Å². The van der Waals surface area contributed by atoms with Gasteiger partial charge in [0, 0.05) is 39.7 Å². The Morgan fingerprint density at radius 2 is 1.89 bits per heavy atom. The van der Waals surface area contributed by atoms with Crippen molar-refractivity contribution < 1.29 is 12.8 Å². The second-order valence-corrected chi connectivity index (χ2v) is 9.26. The Labute approximate surface area is 165 Å². The minimum Gasteiger partial charge on any atom is -0.363 e. The monoisotopic (exact) mass is 407 g/mol. The summed E-state index contributed by atoms with van der Waals surface area (Å²) in [7, 11) is 1.51. The van der Waals surface area contributed by atoms with Crippen molar-refractivity contribution in [1.29, 1.82) is 0 Å². The van der Waals surface area contributed by atoms with E-state index < -0.39 is 15.8 Å². The molecule has 2 aromatic rings. The van der Waals surface area contributed by atoms with E-state index in [4.69, 9.17) is 0 Å². The normalized spacial score (nSPS) is 17.7. The van der Waals surface area contributed by atoms with Crippen molar-refractivity contribution in [3.8, 4) is 0 Å². The van der Waals surface area contributed by atoms with E-state index in [-0.39, 0.29) is 17.4 Å². The maximum Gasteiger partial charge on any atom is 0.243 e. The molecule has 1 aromatic carbocycles. The fraction of sp³-hybridized carbons (Fsp3) is 0.474. The zero-order valence-corrected chi connectivity index (χ0v) is 17.2. The van der Waals surface area contributed by atoms with Gasteiger partial charge in [0.1, 0.15) is 17.5 Å². The van der Waals surface area contributed by atoms with Crippen LogP contribution in [0, 0.1) is 5.82 Å². The Hall–Kier alpha value is -2.10. The summed E-state index contributed by atoms with van der Waals surface area (Å²) in [5, 5.41) is 3.38. The van der Waals surface area contributed by atoms with Crippen molar-refractivity contribution in [2.24, 2.45) is 0 Å². The molecular weight excluding hydrogens is 381 g/mol. The van der Waals surface area contributed by atoms with Crippen LogP contribution in [0.15, 0.2) is 35.2 Å². The highest BCUT2D eigenvalue weighted by molar-refractivity contribution is 7.89. The summed E-state index contributed by atoms with van der Waals surface area (Å²) in [4.78, 5) is 11.1. The second kappa shape index (κ2) is 8.50. The molecule has 1 aromatic heterocycles. The lowest BCUT2D eigenvalue weighted by molar-refractivity contribution is 0.441. The molecule has 1 fully saturated rings. The number of rotatable bonds is 6. The molecule has 9 heteroatoms. The molecule has 0 radical (unpaired) electrons. The molecule has 0 aliphatic carbocycles. The summed E-state index contributed by atoms with van der Waals surface area (Å²) < 4.78 is 39.9. The van der Waals surface area contributed by atoms with E-state index in [2.05, 4.69) is 15.3 Å². The van der Waals surface area contributed by atoms with Crippen LogP contribution in [-0.2, 0) is 16.6 Å². The summed E-state index contributed by atoms with van der Waals surface area (Å²) in [6.45, 7) is 1.90. The highest BCUT2D eigenvalue weighted by Gasteiger charge is 2.24. The van der Waals surface area contributed by atoms with Crippen LogP contribution in [0.2, 0.25) is 0 Å². The average Bonchev–Trinajstić information content (AvgIpc) is 2.68. The Balaban J connectivity index is 1.87. The summed E-state index contributed by atoms with van der Waals surface area (Å²) in [6, 6.07) is 6.76. The van der Waals surface area contributed by atoms with Gasteiger partial charge in [0.2, 0.25) is 10.0 Å². The van der Waals surface area contributed by atoms with E-state index >= 15 is 0 Å². The highest BCUT2D eigenvalue weighted by Crippen LogP contribution is 2.25. The van der Waals surface area contributed by atoms with Gasteiger partial charge in [0.25, 0.3) is 0 Å². The van der Waals surface area contributed by atoms with E-state index in [0.29, 0.717) is 5.82 Å². The van der Waals surface area contributed by atoms with Crippen LogP contribution in [0.4, 0.5) is 10.2 Å². The first-order valence-electron chi connectivity index (χ1n) is 9.25. The number of piperidine rings is 1. The Morgan fingerprint density at radius 3 is 2.50 bits per heavy atom. The fourth-order valence-corrected chi connectivity index (χ4v) is 4.31. The third kappa shape index (κ3) is 4.65. The van der Waals surface area contributed by atoms with Crippen LogP contribution in [0.1, 0.15) is 30.3 Å². The lowest BCUT2D eigenvalue weighted by Gasteiger charge is -2.24. The van der Waals surface area contributed by atoms with Crippen LogP contribution < -0.4 is 10.2 Å². The smallest absolute Gasteiger partial charge is 0.243 e. The number of benzene rings is 1. The van der Waals surface area contributed by atoms with Gasteiger partial charge in [-0.05, 0) is 43.7 Å². The highest BCUT2D eigenvalue weighted by atomic mass is 32.2. The minimum absolute atomic E-state index is 0.0362. The number of anilines is 1. The molecule has 1 unspecified atom stereocenters. The van der Waals surface area contributed by atoms with E-state index in [9.17, 15) is 12.8 Å². The largest absolute Gasteiger partial charge is 0.363 e. The summed E-state index contributed by atoms with van der Waals surface area (Å²) in [5.74, 6) is 1.00. The van der Waals surface area contributed by atoms with Crippen LogP contribution >= 0.6 is 0 Å². The third-order valence-electron chi connectivity index (χ3n) is 4.84. The first-order valence-corrected chi connectivity index (χ1v) is 10.7. The van der Waals surface area contributed by atoms with E-state index in [1.54, 1.807) is 0 Å². The lowest BCUT2D eigenvalue weighted by atomic mass is 9.96. The van der Waals surface area contributed by atoms with E-state index in [0.717, 1.165) is 49.6 Å². The Kier molecular flexibility index (Phi) is 6.26. The minimum atomic E-state index is -3.76. The predicted molar refractivity (Wildman–Crippen MR) is 106 cm³/mol. The van der Waals surface area contributed by atoms with Crippen molar-refractivity contribution in [3.05, 3.63) is 47.7 Å². The second-order valence-electron chi connectivity index (χ2n) is 7.22. The predicted octanol–water partition coefficient (Wildman–Crippen LogP) is 1.97. The van der Waals surface area contributed by atoms with Crippen LogP contribution in [0.3, 0.4) is 0 Å². The maximum atomic E-state index is 13.1. The summed E-state index contributed by atoms with van der Waals surface area (Å²) >= 11 is 0. The topological polar surface area (TPSA) is 78.4 Å². The molecular formula is C19H26FN5O2S. The van der Waals surface area contributed by atoms with Crippen LogP contribution in [-0.4, -0.2) is 56.9 Å². The number of halogens is 1. The van der Waals surface area contributed by atoms with Gasteiger partial charge in [-0.25, -0.2) is 22.8 Å². The first-order chi connectivity index (χ1) is 13.3. The van der Waals surface area contributed by atoms with Crippen molar-refractivity contribution in [2.45, 2.75) is 30.2 Å². The van der Waals surface area contributed by atoms with Gasteiger partial charge in [0.05, 0.1) is 17.1 Å². The van der Waals surface area contributed by atoms with Crippen molar-refractivity contribution in [2.75, 3.05) is 39.1 Å². The number of nitrogens with zero attached hydrogens (tertiary/aromatic N) is 4. The lowest BCUT2D eigenvalue weighted by Crippen LogP contribution is -2.30. The van der Waals surface area contributed by atoms with Gasteiger partial charge < -0.3 is 10.2 Å². The van der Waals surface area contributed by atoms with Gasteiger partial charge in [-0.15, -0.1) is 0 Å². The molecule has 152 valence electrons. The standard InChI is InChI=1S/C19H26FN5O2S/c1-24(2)19-11-17(14-5-4-10-21-12-14)22-18(23-19)13-25(3)28(26,27)16-8-6-15(20)7-9-16/h6-9,11,14,21H,4-5,10,12-13H2,1-3H3. The van der Waals surface area contributed by atoms with Crippen molar-refractivity contribution in [1.82, 2.24) is 19.6 Å². The van der Waals surface area contributed by atoms with Crippen molar-refractivity contribution >= 4 is 15.8 Å². The number of hydrogen-bond acceptors (Lipinski definition) is 6. The summed E-state index contributed by atoms with van der Waals surface area (Å²) in [6.07, 6.45) is 2.13. The van der Waals surface area contributed by atoms with Gasteiger partial charge in [-0.1, -0.05) is 0 Å². The molecule has 0 saturated carbocycles. The Bertz CT molecular complexity index is 912. The molecule has 0 bridgehead atoms. The van der Waals surface area contributed by atoms with Crippen molar-refractivity contribution in [3.63, 3.8) is 0 Å². The third-order valence-corrected chi connectivity index (χ3v) is 6.66. The number of sulfonamides is 1. The average molecular weight is 408 g/mol. The molecule has 1 atom stereocenters. The van der Waals surface area contributed by atoms with Gasteiger partial charge in [0.15, 0.2) is 0 Å². The molecule has 7 nitrogen and oxygen atoms in total. The number of aromatic nitrogens is 2. The molecule has 0 spiro atoms. The number of hydrogen-bond donors (Lipinski definition) is 1. The molecule has 1 saturated heterocycles. The molecule has 3 rings (SSSR count).